The van der Waals surface area contributed by atoms with Crippen molar-refractivity contribution in [3.05, 3.63) is 71.8 Å². The molecule has 2 aromatic carbocycles. The van der Waals surface area contributed by atoms with Crippen LogP contribution in [0.15, 0.2) is 54.9 Å². The summed E-state index contributed by atoms with van der Waals surface area (Å²) in [5.41, 5.74) is 4.28. The molecule has 0 saturated heterocycles. The van der Waals surface area contributed by atoms with E-state index in [1.54, 1.807) is 37.5 Å². The maximum atomic E-state index is 14.0. The van der Waals surface area contributed by atoms with E-state index in [1.165, 1.54) is 43.7 Å². The van der Waals surface area contributed by atoms with E-state index in [0.717, 1.165) is 31.0 Å². The third-order valence-corrected chi connectivity index (χ3v) is 7.62. The first-order valence-corrected chi connectivity index (χ1v) is 14.4. The lowest BCUT2D eigenvalue weighted by molar-refractivity contribution is 0.101. The third-order valence-electron chi connectivity index (χ3n) is 7.62. The second-order valence-corrected chi connectivity index (χ2v) is 10.3. The molecule has 0 radical (unpaired) electrons. The number of hydrogen-bond acceptors (Lipinski definition) is 4. The number of benzene rings is 2. The molecule has 3 aromatic rings. The molecular weight excluding hydrogens is 473 g/mol. The molecule has 1 aliphatic heterocycles. The molecule has 2 aliphatic rings. The van der Waals surface area contributed by atoms with Gasteiger partial charge in [0.15, 0.2) is 5.78 Å². The SMILES string of the molecule is CC.CC(=O)c1ccc2c(c1)N(c1ncc(-c3ccccc3F)cn1)CC21CC1.CCCC(CC)CCC. The van der Waals surface area contributed by atoms with Crippen molar-refractivity contribution >= 4 is 17.4 Å². The topological polar surface area (TPSA) is 46.1 Å². The quantitative estimate of drug-likeness (QED) is 0.279. The van der Waals surface area contributed by atoms with E-state index in [-0.39, 0.29) is 17.0 Å². The van der Waals surface area contributed by atoms with Crippen LogP contribution in [0.5, 0.6) is 0 Å². The smallest absolute Gasteiger partial charge is 0.229 e. The zero-order chi connectivity index (χ0) is 27.7. The second kappa shape index (κ2) is 13.6. The van der Waals surface area contributed by atoms with Crippen LogP contribution >= 0.6 is 0 Å². The molecule has 0 N–H and O–H groups in total. The van der Waals surface area contributed by atoms with Crippen LogP contribution in [0.1, 0.15) is 102 Å². The lowest BCUT2D eigenvalue weighted by Crippen LogP contribution is -2.21. The minimum absolute atomic E-state index is 0.0466. The Labute approximate surface area is 228 Å². The number of ketones is 1. The van der Waals surface area contributed by atoms with Crippen LogP contribution in [0.25, 0.3) is 11.1 Å². The maximum Gasteiger partial charge on any atom is 0.229 e. The molecular formula is C33H44FN3O. The maximum absolute atomic E-state index is 14.0. The van der Waals surface area contributed by atoms with Gasteiger partial charge in [-0.3, -0.25) is 4.79 Å². The number of carbonyl (C=O) groups excluding carboxylic acids is 1. The summed E-state index contributed by atoms with van der Waals surface area (Å²) in [7, 11) is 0. The molecule has 2 heterocycles. The van der Waals surface area contributed by atoms with Crippen LogP contribution in [0, 0.1) is 11.7 Å². The summed E-state index contributed by atoms with van der Waals surface area (Å²) < 4.78 is 14.0. The monoisotopic (exact) mass is 517 g/mol. The summed E-state index contributed by atoms with van der Waals surface area (Å²) in [5.74, 6) is 1.36. The summed E-state index contributed by atoms with van der Waals surface area (Å²) in [6.45, 7) is 13.3. The van der Waals surface area contributed by atoms with Gasteiger partial charge in [-0.15, -0.1) is 0 Å². The molecule has 0 bridgehead atoms. The fourth-order valence-electron chi connectivity index (χ4n) is 5.32. The zero-order valence-corrected chi connectivity index (χ0v) is 24.1. The first-order chi connectivity index (χ1) is 18.4. The van der Waals surface area contributed by atoms with Crippen LogP contribution in [-0.4, -0.2) is 22.3 Å². The van der Waals surface area contributed by atoms with Crippen LogP contribution in [-0.2, 0) is 5.41 Å². The van der Waals surface area contributed by atoms with E-state index in [2.05, 4.69) is 41.7 Å². The number of anilines is 2. The molecule has 5 heteroatoms. The van der Waals surface area contributed by atoms with Gasteiger partial charge in [0, 0.05) is 46.7 Å². The van der Waals surface area contributed by atoms with E-state index in [9.17, 15) is 9.18 Å². The fourth-order valence-corrected chi connectivity index (χ4v) is 5.32. The fraction of sp³-hybridized carbons (Fsp3) is 0.485. The number of fused-ring (bicyclic) bond motifs is 2. The van der Waals surface area contributed by atoms with Crippen molar-refractivity contribution in [2.24, 2.45) is 5.92 Å². The largest absolute Gasteiger partial charge is 0.309 e. The summed E-state index contributed by atoms with van der Waals surface area (Å²) in [5, 5.41) is 0. The standard InChI is InChI=1S/C22H18FN3O.C9H20.C2H6/c1-14(27)15-6-7-18-20(10-15)26(13-22(18)8-9-22)21-24-11-16(12-25-21)17-4-2-3-5-19(17)23;1-4-7-9(6-3)8-5-2;1-2/h2-7,10-12H,8-9,13H2,1H3;9H,4-8H2,1-3H3;1-2H3. The second-order valence-electron chi connectivity index (χ2n) is 10.3. The average Bonchev–Trinajstić information content (AvgIpc) is 3.66. The highest BCUT2D eigenvalue weighted by molar-refractivity contribution is 5.96. The molecule has 1 saturated carbocycles. The molecule has 204 valence electrons. The van der Waals surface area contributed by atoms with E-state index < -0.39 is 0 Å². The Hall–Kier alpha value is -3.08. The summed E-state index contributed by atoms with van der Waals surface area (Å²) in [6, 6.07) is 12.5. The van der Waals surface area contributed by atoms with E-state index in [0.29, 0.717) is 22.6 Å². The summed E-state index contributed by atoms with van der Waals surface area (Å²) in [4.78, 5) is 22.9. The van der Waals surface area contributed by atoms with Gasteiger partial charge in [0.2, 0.25) is 5.95 Å². The lowest BCUT2D eigenvalue weighted by atomic mass is 9.96. The van der Waals surface area contributed by atoms with Gasteiger partial charge in [0.1, 0.15) is 5.82 Å². The Bertz CT molecular complexity index is 1180. The molecule has 1 fully saturated rings. The van der Waals surface area contributed by atoms with Gasteiger partial charge in [-0.05, 0) is 43.4 Å². The summed E-state index contributed by atoms with van der Waals surface area (Å²) >= 11 is 0. The molecule has 0 atom stereocenters. The van der Waals surface area contributed by atoms with E-state index >= 15 is 0 Å². The van der Waals surface area contributed by atoms with Gasteiger partial charge in [-0.2, -0.15) is 0 Å². The van der Waals surface area contributed by atoms with Crippen molar-refractivity contribution in [1.82, 2.24) is 9.97 Å². The number of aromatic nitrogens is 2. The van der Waals surface area contributed by atoms with Gasteiger partial charge in [-0.1, -0.05) is 97.1 Å². The van der Waals surface area contributed by atoms with Gasteiger partial charge in [-0.25, -0.2) is 14.4 Å². The Morgan fingerprint density at radius 3 is 2.16 bits per heavy atom. The Kier molecular flexibility index (Phi) is 10.6. The predicted molar refractivity (Wildman–Crippen MR) is 157 cm³/mol. The molecule has 0 unspecified atom stereocenters. The Morgan fingerprint density at radius 2 is 1.63 bits per heavy atom. The molecule has 1 spiro atoms. The number of carbonyl (C=O) groups is 1. The normalized spacial score (nSPS) is 14.4. The van der Waals surface area contributed by atoms with Crippen molar-refractivity contribution in [2.75, 3.05) is 11.4 Å². The van der Waals surface area contributed by atoms with Crippen LogP contribution in [0.2, 0.25) is 0 Å². The van der Waals surface area contributed by atoms with Gasteiger partial charge in [0.05, 0.1) is 0 Å². The molecule has 4 nitrogen and oxygen atoms in total. The highest BCUT2D eigenvalue weighted by Gasteiger charge is 2.52. The third kappa shape index (κ3) is 6.67. The summed E-state index contributed by atoms with van der Waals surface area (Å²) in [6.07, 6.45) is 12.6. The molecule has 0 amide bonds. The van der Waals surface area contributed by atoms with Crippen molar-refractivity contribution in [3.8, 4) is 11.1 Å². The lowest BCUT2D eigenvalue weighted by Gasteiger charge is -2.18. The van der Waals surface area contributed by atoms with Crippen molar-refractivity contribution in [1.29, 1.82) is 0 Å². The minimum atomic E-state index is -0.289. The number of nitrogens with zero attached hydrogens (tertiary/aromatic N) is 3. The minimum Gasteiger partial charge on any atom is -0.309 e. The number of rotatable bonds is 8. The number of Topliss-reactive ketones (excluding diaryl/α,β-unsaturated/α-hetero) is 1. The van der Waals surface area contributed by atoms with Crippen molar-refractivity contribution in [2.45, 2.75) is 91.9 Å². The number of halogens is 1. The van der Waals surface area contributed by atoms with Crippen molar-refractivity contribution in [3.63, 3.8) is 0 Å². The molecule has 1 aromatic heterocycles. The zero-order valence-electron chi connectivity index (χ0n) is 24.1. The molecule has 38 heavy (non-hydrogen) atoms. The van der Waals surface area contributed by atoms with Gasteiger partial charge in [0.25, 0.3) is 0 Å². The van der Waals surface area contributed by atoms with Crippen LogP contribution in [0.3, 0.4) is 0 Å². The van der Waals surface area contributed by atoms with Crippen LogP contribution < -0.4 is 4.90 Å². The van der Waals surface area contributed by atoms with E-state index in [1.807, 2.05) is 26.0 Å². The molecule has 5 rings (SSSR count). The van der Waals surface area contributed by atoms with Gasteiger partial charge < -0.3 is 4.90 Å². The van der Waals surface area contributed by atoms with Crippen LogP contribution in [0.4, 0.5) is 16.0 Å². The Morgan fingerprint density at radius 1 is 1.00 bits per heavy atom. The first-order valence-electron chi connectivity index (χ1n) is 14.4. The first kappa shape index (κ1) is 29.5. The van der Waals surface area contributed by atoms with E-state index in [4.69, 9.17) is 0 Å². The number of hydrogen-bond donors (Lipinski definition) is 0. The average molecular weight is 518 g/mol. The Balaban J connectivity index is 0.000000312. The molecule has 1 aliphatic carbocycles. The van der Waals surface area contributed by atoms with Crippen molar-refractivity contribution < 1.29 is 9.18 Å². The predicted octanol–water partition coefficient (Wildman–Crippen LogP) is 9.31. The highest BCUT2D eigenvalue weighted by Crippen LogP contribution is 2.57. The highest BCUT2D eigenvalue weighted by atomic mass is 19.1. The van der Waals surface area contributed by atoms with Gasteiger partial charge >= 0.3 is 0 Å².